The number of fused-ring (bicyclic) bond motifs is 1. The molecule has 2 amide bonds. The van der Waals surface area contributed by atoms with Crippen LogP contribution in [0, 0.1) is 0 Å². The Morgan fingerprint density at radius 1 is 1.24 bits per heavy atom. The second-order valence-electron chi connectivity index (χ2n) is 6.45. The summed E-state index contributed by atoms with van der Waals surface area (Å²) < 4.78 is 0. The summed E-state index contributed by atoms with van der Waals surface area (Å²) in [5.41, 5.74) is 1.86. The number of rotatable bonds is 5. The number of halogens is 1. The highest BCUT2D eigenvalue weighted by molar-refractivity contribution is 7.15. The third-order valence-electron chi connectivity index (χ3n) is 4.30. The Kier molecular flexibility index (Phi) is 5.79. The van der Waals surface area contributed by atoms with Gasteiger partial charge in [0, 0.05) is 47.5 Å². The van der Waals surface area contributed by atoms with E-state index in [2.05, 4.69) is 30.5 Å². The van der Waals surface area contributed by atoms with Crippen molar-refractivity contribution in [2.75, 3.05) is 23.7 Å². The van der Waals surface area contributed by atoms with E-state index in [1.165, 1.54) is 29.9 Å². The molecule has 29 heavy (non-hydrogen) atoms. The van der Waals surface area contributed by atoms with E-state index < -0.39 is 0 Å². The lowest BCUT2D eigenvalue weighted by Crippen LogP contribution is -2.36. The highest BCUT2D eigenvalue weighted by Crippen LogP contribution is 2.28. The molecule has 0 fully saturated rings. The topological polar surface area (TPSA) is 100 Å². The number of benzene rings is 1. The molecule has 0 unspecified atom stereocenters. The number of carbonyl (C=O) groups is 2. The fourth-order valence-electron chi connectivity index (χ4n) is 2.98. The monoisotopic (exact) mass is 428 g/mol. The van der Waals surface area contributed by atoms with Gasteiger partial charge in [0.2, 0.25) is 5.91 Å². The Morgan fingerprint density at radius 3 is 2.93 bits per heavy atom. The van der Waals surface area contributed by atoms with Crippen LogP contribution in [-0.4, -0.2) is 44.8 Å². The molecule has 4 rings (SSSR count). The minimum absolute atomic E-state index is 0.101. The molecular weight excluding hydrogens is 412 g/mol. The summed E-state index contributed by atoms with van der Waals surface area (Å²) in [6.07, 6.45) is 5.10. The Bertz CT molecular complexity index is 1040. The van der Waals surface area contributed by atoms with Crippen molar-refractivity contribution in [2.24, 2.45) is 0 Å². The van der Waals surface area contributed by atoms with Crippen LogP contribution in [0.15, 0.2) is 42.9 Å². The molecular formula is C19H17ClN6O2S. The van der Waals surface area contributed by atoms with Crippen LogP contribution < -0.4 is 10.6 Å². The Morgan fingerprint density at radius 2 is 2.14 bits per heavy atom. The van der Waals surface area contributed by atoms with Gasteiger partial charge in [-0.05, 0) is 18.2 Å². The minimum Gasteiger partial charge on any atom is -0.325 e. The summed E-state index contributed by atoms with van der Waals surface area (Å²) in [5, 5.41) is 6.72. The molecule has 1 aliphatic rings. The van der Waals surface area contributed by atoms with E-state index in [-0.39, 0.29) is 24.1 Å². The highest BCUT2D eigenvalue weighted by Gasteiger charge is 2.23. The van der Waals surface area contributed by atoms with Crippen molar-refractivity contribution in [1.82, 2.24) is 19.9 Å². The molecule has 0 radical (unpaired) electrons. The molecule has 1 aliphatic heterocycles. The molecule has 1 aromatic carbocycles. The van der Waals surface area contributed by atoms with Crippen molar-refractivity contribution < 1.29 is 9.59 Å². The van der Waals surface area contributed by atoms with Gasteiger partial charge in [0.25, 0.3) is 5.91 Å². The van der Waals surface area contributed by atoms with Crippen molar-refractivity contribution in [2.45, 2.75) is 13.0 Å². The predicted octanol–water partition coefficient (Wildman–Crippen LogP) is 2.84. The van der Waals surface area contributed by atoms with E-state index in [4.69, 9.17) is 11.6 Å². The second-order valence-corrected chi connectivity index (χ2v) is 7.97. The van der Waals surface area contributed by atoms with Crippen LogP contribution >= 0.6 is 22.9 Å². The SMILES string of the molecule is O=C(CN1CCc2nc(NC(=O)c3cnccn3)sc2C1)Nc1cccc(Cl)c1. The third kappa shape index (κ3) is 4.94. The first kappa shape index (κ1) is 19.4. The van der Waals surface area contributed by atoms with Crippen LogP contribution in [0.2, 0.25) is 5.02 Å². The molecule has 2 N–H and O–H groups in total. The largest absolute Gasteiger partial charge is 0.325 e. The van der Waals surface area contributed by atoms with Crippen molar-refractivity contribution in [3.05, 3.63) is 64.1 Å². The van der Waals surface area contributed by atoms with Gasteiger partial charge >= 0.3 is 0 Å². The van der Waals surface area contributed by atoms with E-state index in [1.807, 2.05) is 0 Å². The molecule has 0 atom stereocenters. The zero-order valence-corrected chi connectivity index (χ0v) is 16.8. The van der Waals surface area contributed by atoms with E-state index in [9.17, 15) is 9.59 Å². The Hall–Kier alpha value is -2.88. The van der Waals surface area contributed by atoms with Crippen molar-refractivity contribution in [1.29, 1.82) is 0 Å². The van der Waals surface area contributed by atoms with Crippen LogP contribution in [0.1, 0.15) is 21.1 Å². The smallest absolute Gasteiger partial charge is 0.277 e. The standard InChI is InChI=1S/C19H17ClN6O2S/c20-12-2-1-3-13(8-12)23-17(27)11-26-7-4-14-16(10-26)29-19(24-14)25-18(28)15-9-21-5-6-22-15/h1-3,5-6,8-9H,4,7,10-11H2,(H,23,27)(H,24,25,28). The van der Waals surface area contributed by atoms with Crippen LogP contribution in [0.25, 0.3) is 0 Å². The summed E-state index contributed by atoms with van der Waals surface area (Å²) in [5.74, 6) is -0.446. The molecule has 148 valence electrons. The van der Waals surface area contributed by atoms with E-state index in [0.29, 0.717) is 22.4 Å². The summed E-state index contributed by atoms with van der Waals surface area (Å²) in [7, 11) is 0. The lowest BCUT2D eigenvalue weighted by Gasteiger charge is -2.25. The quantitative estimate of drug-likeness (QED) is 0.648. The number of nitrogens with zero attached hydrogens (tertiary/aromatic N) is 4. The average molecular weight is 429 g/mol. The average Bonchev–Trinajstić information content (AvgIpc) is 3.10. The minimum atomic E-state index is -0.345. The number of thiazole rings is 1. The number of nitrogens with one attached hydrogen (secondary N) is 2. The van der Waals surface area contributed by atoms with Gasteiger partial charge in [-0.25, -0.2) is 9.97 Å². The van der Waals surface area contributed by atoms with Crippen molar-refractivity contribution >= 4 is 45.6 Å². The third-order valence-corrected chi connectivity index (χ3v) is 5.54. The zero-order valence-electron chi connectivity index (χ0n) is 15.3. The molecule has 0 saturated carbocycles. The van der Waals surface area contributed by atoms with Crippen molar-refractivity contribution in [3.8, 4) is 0 Å². The molecule has 3 heterocycles. The van der Waals surface area contributed by atoms with E-state index in [0.717, 1.165) is 23.5 Å². The molecule has 0 spiro atoms. The van der Waals surface area contributed by atoms with Crippen LogP contribution in [0.5, 0.6) is 0 Å². The van der Waals surface area contributed by atoms with E-state index in [1.54, 1.807) is 24.3 Å². The maximum absolute atomic E-state index is 12.3. The first-order chi connectivity index (χ1) is 14.1. The first-order valence-electron chi connectivity index (χ1n) is 8.90. The van der Waals surface area contributed by atoms with Gasteiger partial charge in [-0.2, -0.15) is 0 Å². The molecule has 3 aromatic rings. The van der Waals surface area contributed by atoms with Gasteiger partial charge in [0.1, 0.15) is 5.69 Å². The predicted molar refractivity (Wildman–Crippen MR) is 111 cm³/mol. The summed E-state index contributed by atoms with van der Waals surface area (Å²) in [6.45, 7) is 1.60. The van der Waals surface area contributed by atoms with Gasteiger partial charge in [0.05, 0.1) is 18.4 Å². The maximum atomic E-state index is 12.3. The first-order valence-corrected chi connectivity index (χ1v) is 10.1. The van der Waals surface area contributed by atoms with Gasteiger partial charge < -0.3 is 5.32 Å². The van der Waals surface area contributed by atoms with Gasteiger partial charge in [-0.3, -0.25) is 24.8 Å². The number of aromatic nitrogens is 3. The number of anilines is 2. The normalized spacial score (nSPS) is 13.6. The van der Waals surface area contributed by atoms with Gasteiger partial charge in [0.15, 0.2) is 5.13 Å². The number of hydrogen-bond donors (Lipinski definition) is 2. The number of carbonyl (C=O) groups excluding carboxylic acids is 2. The molecule has 10 heteroatoms. The van der Waals surface area contributed by atoms with Crippen LogP contribution in [-0.2, 0) is 17.8 Å². The molecule has 8 nitrogen and oxygen atoms in total. The summed E-state index contributed by atoms with van der Waals surface area (Å²) in [4.78, 5) is 40.0. The van der Waals surface area contributed by atoms with E-state index >= 15 is 0 Å². The Balaban J connectivity index is 1.35. The fraction of sp³-hybridized carbons (Fsp3) is 0.211. The molecule has 0 bridgehead atoms. The van der Waals surface area contributed by atoms with Gasteiger partial charge in [-0.15, -0.1) is 11.3 Å². The zero-order chi connectivity index (χ0) is 20.2. The van der Waals surface area contributed by atoms with Crippen LogP contribution in [0.4, 0.5) is 10.8 Å². The van der Waals surface area contributed by atoms with Crippen molar-refractivity contribution in [3.63, 3.8) is 0 Å². The lowest BCUT2D eigenvalue weighted by molar-refractivity contribution is -0.117. The number of hydrogen-bond acceptors (Lipinski definition) is 7. The lowest BCUT2D eigenvalue weighted by atomic mass is 10.2. The summed E-state index contributed by atoms with van der Waals surface area (Å²) in [6, 6.07) is 7.06. The van der Waals surface area contributed by atoms with Gasteiger partial charge in [-0.1, -0.05) is 17.7 Å². The summed E-state index contributed by atoms with van der Waals surface area (Å²) >= 11 is 7.36. The number of amides is 2. The Labute approximate surface area is 176 Å². The molecule has 2 aromatic heterocycles. The van der Waals surface area contributed by atoms with Crippen LogP contribution in [0.3, 0.4) is 0 Å². The maximum Gasteiger partial charge on any atom is 0.277 e. The molecule has 0 aliphatic carbocycles. The fourth-order valence-corrected chi connectivity index (χ4v) is 4.22. The highest BCUT2D eigenvalue weighted by atomic mass is 35.5. The molecule has 0 saturated heterocycles. The second kappa shape index (κ2) is 8.64.